The first-order valence-electron chi connectivity index (χ1n) is 7.39. The van der Waals surface area contributed by atoms with Gasteiger partial charge in [-0.3, -0.25) is 4.90 Å². The van der Waals surface area contributed by atoms with E-state index in [4.69, 9.17) is 4.42 Å². The fraction of sp³-hybridized carbons (Fsp3) is 0.733. The summed E-state index contributed by atoms with van der Waals surface area (Å²) >= 11 is 0. The highest BCUT2D eigenvalue weighted by molar-refractivity contribution is 5.17. The lowest BCUT2D eigenvalue weighted by molar-refractivity contribution is 0.238. The van der Waals surface area contributed by atoms with Gasteiger partial charge in [-0.2, -0.15) is 0 Å². The Kier molecular flexibility index (Phi) is 3.71. The van der Waals surface area contributed by atoms with E-state index in [9.17, 15) is 0 Å². The molecule has 1 aromatic rings. The van der Waals surface area contributed by atoms with Crippen molar-refractivity contribution in [1.29, 1.82) is 0 Å². The third kappa shape index (κ3) is 2.78. The van der Waals surface area contributed by atoms with Crippen molar-refractivity contribution >= 4 is 0 Å². The largest absolute Gasteiger partial charge is 0.468 e. The van der Waals surface area contributed by atoms with Gasteiger partial charge in [0.1, 0.15) is 5.76 Å². The summed E-state index contributed by atoms with van der Waals surface area (Å²) in [7, 11) is 0. The Morgan fingerprint density at radius 3 is 3.06 bits per heavy atom. The molecule has 2 fully saturated rings. The summed E-state index contributed by atoms with van der Waals surface area (Å²) in [6.45, 7) is 5.52. The van der Waals surface area contributed by atoms with E-state index in [0.29, 0.717) is 0 Å². The first-order chi connectivity index (χ1) is 8.86. The maximum atomic E-state index is 5.63. The van der Waals surface area contributed by atoms with Crippen LogP contribution < -0.4 is 5.32 Å². The maximum absolute atomic E-state index is 5.63. The van der Waals surface area contributed by atoms with Crippen LogP contribution in [0.4, 0.5) is 0 Å². The van der Waals surface area contributed by atoms with E-state index >= 15 is 0 Å². The molecule has 1 saturated carbocycles. The van der Waals surface area contributed by atoms with Crippen molar-refractivity contribution < 1.29 is 4.42 Å². The summed E-state index contributed by atoms with van der Waals surface area (Å²) in [4.78, 5) is 2.62. The van der Waals surface area contributed by atoms with Crippen LogP contribution in [0.5, 0.6) is 0 Å². The zero-order chi connectivity index (χ0) is 12.4. The van der Waals surface area contributed by atoms with Gasteiger partial charge in [-0.05, 0) is 44.7 Å². The highest BCUT2D eigenvalue weighted by atomic mass is 16.3. The van der Waals surface area contributed by atoms with Gasteiger partial charge in [-0.15, -0.1) is 0 Å². The normalized spacial score (nSPS) is 24.8. The van der Waals surface area contributed by atoms with E-state index in [0.717, 1.165) is 30.9 Å². The van der Waals surface area contributed by atoms with Gasteiger partial charge < -0.3 is 9.73 Å². The summed E-state index contributed by atoms with van der Waals surface area (Å²) in [6, 6.07) is 3.68. The van der Waals surface area contributed by atoms with Gasteiger partial charge in [0.15, 0.2) is 0 Å². The summed E-state index contributed by atoms with van der Waals surface area (Å²) in [5.41, 5.74) is 1.38. The van der Waals surface area contributed by atoms with Crippen LogP contribution in [0.15, 0.2) is 16.7 Å². The van der Waals surface area contributed by atoms with Gasteiger partial charge in [0.25, 0.3) is 0 Å². The van der Waals surface area contributed by atoms with E-state index in [2.05, 4.69) is 23.2 Å². The minimum atomic E-state index is 0.748. The first-order valence-corrected chi connectivity index (χ1v) is 7.39. The molecule has 18 heavy (non-hydrogen) atoms. The molecule has 0 spiro atoms. The van der Waals surface area contributed by atoms with Gasteiger partial charge in [0, 0.05) is 24.2 Å². The maximum Gasteiger partial charge on any atom is 0.122 e. The number of rotatable bonds is 6. The predicted octanol–water partition coefficient (Wildman–Crippen LogP) is 2.91. The molecule has 1 unspecified atom stereocenters. The quantitative estimate of drug-likeness (QED) is 0.839. The van der Waals surface area contributed by atoms with Crippen molar-refractivity contribution in [2.24, 2.45) is 0 Å². The second-order valence-electron chi connectivity index (χ2n) is 5.70. The van der Waals surface area contributed by atoms with E-state index in [1.54, 1.807) is 0 Å². The predicted molar refractivity (Wildman–Crippen MR) is 72.3 cm³/mol. The molecule has 0 bridgehead atoms. The van der Waals surface area contributed by atoms with Crippen LogP contribution in [-0.2, 0) is 13.1 Å². The van der Waals surface area contributed by atoms with Crippen molar-refractivity contribution in [3.8, 4) is 0 Å². The molecule has 3 rings (SSSR count). The van der Waals surface area contributed by atoms with E-state index < -0.39 is 0 Å². The lowest BCUT2D eigenvalue weighted by Gasteiger charge is -2.23. The molecule has 1 aromatic heterocycles. The van der Waals surface area contributed by atoms with Gasteiger partial charge in [-0.1, -0.05) is 6.92 Å². The smallest absolute Gasteiger partial charge is 0.122 e. The molecule has 0 aromatic carbocycles. The molecule has 2 heterocycles. The molecule has 1 N–H and O–H groups in total. The van der Waals surface area contributed by atoms with Crippen LogP contribution in [0.25, 0.3) is 0 Å². The standard InChI is InChI=1S/C15H24N2O/c1-2-14-4-3-8-17(14)11-12-7-9-18-15(12)10-16-13-5-6-13/h7,9,13-14,16H,2-6,8,10-11H2,1H3. The second-order valence-corrected chi connectivity index (χ2v) is 5.70. The van der Waals surface area contributed by atoms with Crippen LogP contribution >= 0.6 is 0 Å². The SMILES string of the molecule is CCC1CCCN1Cc1ccoc1CNC1CC1. The molecule has 1 saturated heterocycles. The Bertz CT molecular complexity index is 384. The molecule has 100 valence electrons. The highest BCUT2D eigenvalue weighted by Gasteiger charge is 2.25. The van der Waals surface area contributed by atoms with Crippen LogP contribution in [0.1, 0.15) is 50.4 Å². The van der Waals surface area contributed by atoms with E-state index in [1.165, 1.54) is 44.2 Å². The Morgan fingerprint density at radius 1 is 1.39 bits per heavy atom. The van der Waals surface area contributed by atoms with Crippen molar-refractivity contribution in [1.82, 2.24) is 10.2 Å². The summed E-state index contributed by atoms with van der Waals surface area (Å²) < 4.78 is 5.63. The summed E-state index contributed by atoms with van der Waals surface area (Å²) in [6.07, 6.45) is 8.50. The molecule has 1 atom stereocenters. The fourth-order valence-corrected chi connectivity index (χ4v) is 2.97. The van der Waals surface area contributed by atoms with Crippen molar-refractivity contribution in [2.75, 3.05) is 6.54 Å². The molecule has 1 aliphatic heterocycles. The van der Waals surface area contributed by atoms with Gasteiger partial charge >= 0.3 is 0 Å². The third-order valence-electron chi connectivity index (χ3n) is 4.31. The number of likely N-dealkylation sites (tertiary alicyclic amines) is 1. The number of furan rings is 1. The molecule has 0 amide bonds. The zero-order valence-corrected chi connectivity index (χ0v) is 11.3. The zero-order valence-electron chi connectivity index (χ0n) is 11.3. The summed E-state index contributed by atoms with van der Waals surface area (Å²) in [5.74, 6) is 1.14. The van der Waals surface area contributed by atoms with Gasteiger partial charge in [-0.25, -0.2) is 0 Å². The monoisotopic (exact) mass is 248 g/mol. The topological polar surface area (TPSA) is 28.4 Å². The number of hydrogen-bond donors (Lipinski definition) is 1. The van der Waals surface area contributed by atoms with Crippen LogP contribution in [0, 0.1) is 0 Å². The third-order valence-corrected chi connectivity index (χ3v) is 4.31. The summed E-state index contributed by atoms with van der Waals surface area (Å²) in [5, 5.41) is 3.54. The van der Waals surface area contributed by atoms with E-state index in [1.807, 2.05) is 6.26 Å². The molecule has 3 heteroatoms. The Labute approximate surface area is 110 Å². The molecule has 0 radical (unpaired) electrons. The Hall–Kier alpha value is -0.800. The number of nitrogens with one attached hydrogen (secondary N) is 1. The van der Waals surface area contributed by atoms with Crippen LogP contribution in [0.3, 0.4) is 0 Å². The number of hydrogen-bond acceptors (Lipinski definition) is 3. The molecule has 1 aliphatic carbocycles. The Morgan fingerprint density at radius 2 is 2.28 bits per heavy atom. The number of nitrogens with zero attached hydrogens (tertiary/aromatic N) is 1. The molecule has 2 aliphatic rings. The molecular weight excluding hydrogens is 224 g/mol. The van der Waals surface area contributed by atoms with Crippen molar-refractivity contribution in [2.45, 2.75) is 64.2 Å². The van der Waals surface area contributed by atoms with Crippen LogP contribution in [-0.4, -0.2) is 23.5 Å². The lowest BCUT2D eigenvalue weighted by Crippen LogP contribution is -2.28. The second kappa shape index (κ2) is 5.45. The Balaban J connectivity index is 1.59. The van der Waals surface area contributed by atoms with Gasteiger partial charge in [0.05, 0.1) is 12.8 Å². The minimum Gasteiger partial charge on any atom is -0.468 e. The van der Waals surface area contributed by atoms with Crippen molar-refractivity contribution in [3.05, 3.63) is 23.7 Å². The van der Waals surface area contributed by atoms with Gasteiger partial charge in [0.2, 0.25) is 0 Å². The van der Waals surface area contributed by atoms with Crippen LogP contribution in [0.2, 0.25) is 0 Å². The lowest BCUT2D eigenvalue weighted by atomic mass is 10.1. The van der Waals surface area contributed by atoms with E-state index in [-0.39, 0.29) is 0 Å². The highest BCUT2D eigenvalue weighted by Crippen LogP contribution is 2.25. The average Bonchev–Trinajstić information content (AvgIpc) is 2.94. The molecular formula is C15H24N2O. The minimum absolute atomic E-state index is 0.748. The average molecular weight is 248 g/mol. The fourth-order valence-electron chi connectivity index (χ4n) is 2.97. The van der Waals surface area contributed by atoms with Crippen molar-refractivity contribution in [3.63, 3.8) is 0 Å². The molecule has 3 nitrogen and oxygen atoms in total. The first kappa shape index (κ1) is 12.2.